The summed E-state index contributed by atoms with van der Waals surface area (Å²) in [7, 11) is -3.86. The van der Waals surface area contributed by atoms with Crippen molar-refractivity contribution in [3.05, 3.63) is 54.2 Å². The lowest BCUT2D eigenvalue weighted by Crippen LogP contribution is -2.47. The van der Waals surface area contributed by atoms with Crippen molar-refractivity contribution in [3.63, 3.8) is 0 Å². The highest BCUT2D eigenvalue weighted by Gasteiger charge is 2.30. The van der Waals surface area contributed by atoms with E-state index in [4.69, 9.17) is 0 Å². The molecule has 0 radical (unpaired) electrons. The highest BCUT2D eigenvalue weighted by molar-refractivity contribution is 7.98. The number of amides is 1. The number of pyridine rings is 1. The zero-order chi connectivity index (χ0) is 22.9. The van der Waals surface area contributed by atoms with E-state index in [9.17, 15) is 26.4 Å². The van der Waals surface area contributed by atoms with E-state index >= 15 is 0 Å². The minimum Gasteiger partial charge on any atom is -0.368 e. The fourth-order valence-corrected chi connectivity index (χ4v) is 4.22. The molecule has 1 unspecified atom stereocenters. The van der Waals surface area contributed by atoms with Gasteiger partial charge in [-0.2, -0.15) is 29.7 Å². The van der Waals surface area contributed by atoms with Gasteiger partial charge in [0.15, 0.2) is 0 Å². The maximum atomic E-state index is 12.5. The number of halogens is 3. The lowest BCUT2D eigenvalue weighted by Gasteiger charge is -2.18. The van der Waals surface area contributed by atoms with Crippen molar-refractivity contribution in [1.82, 2.24) is 15.0 Å². The zero-order valence-corrected chi connectivity index (χ0v) is 18.3. The third-order valence-corrected chi connectivity index (χ3v) is 6.23. The Bertz CT molecular complexity index is 940. The first-order valence-corrected chi connectivity index (χ1v) is 12.1. The number of hydrogen-bond acceptors (Lipinski definition) is 6. The van der Waals surface area contributed by atoms with Crippen molar-refractivity contribution in [2.75, 3.05) is 30.4 Å². The Kier molecular flexibility index (Phi) is 9.14. The second kappa shape index (κ2) is 11.3. The predicted octanol–water partition coefficient (Wildman–Crippen LogP) is 2.73. The number of sulfonamides is 1. The molecular weight excluding hydrogens is 453 g/mol. The molecule has 0 bridgehead atoms. The smallest absolute Gasteiger partial charge is 0.368 e. The standard InChI is InChI=1S/C19H23F3N4O3S2/c1-30-12-9-16(26-31(28,29)15-5-3-2-4-6-15)18(27)24-11-10-23-17-8-7-14(13-25-17)19(20,21)22/h2-8,13,16,26H,9-12H2,1H3,(H,23,25)(H,24,27). The highest BCUT2D eigenvalue weighted by Crippen LogP contribution is 2.28. The summed E-state index contributed by atoms with van der Waals surface area (Å²) in [5, 5.41) is 5.43. The second-order valence-electron chi connectivity index (χ2n) is 6.42. The molecule has 0 aliphatic carbocycles. The third-order valence-electron chi connectivity index (χ3n) is 4.10. The molecule has 7 nitrogen and oxygen atoms in total. The van der Waals surface area contributed by atoms with Crippen LogP contribution in [0, 0.1) is 0 Å². The molecule has 31 heavy (non-hydrogen) atoms. The third kappa shape index (κ3) is 8.04. The largest absolute Gasteiger partial charge is 0.417 e. The number of carbonyl (C=O) groups is 1. The molecule has 12 heteroatoms. The monoisotopic (exact) mass is 476 g/mol. The summed E-state index contributed by atoms with van der Waals surface area (Å²) in [5.41, 5.74) is -0.853. The Hall–Kier alpha value is -2.31. The fraction of sp³-hybridized carbons (Fsp3) is 0.368. The molecule has 0 spiro atoms. The van der Waals surface area contributed by atoms with Crippen LogP contribution in [-0.4, -0.2) is 50.4 Å². The number of aromatic nitrogens is 1. The molecule has 1 heterocycles. The average Bonchev–Trinajstić information content (AvgIpc) is 2.74. The van der Waals surface area contributed by atoms with Crippen molar-refractivity contribution in [2.24, 2.45) is 0 Å². The molecule has 0 aliphatic rings. The van der Waals surface area contributed by atoms with E-state index in [1.54, 1.807) is 18.2 Å². The van der Waals surface area contributed by atoms with Gasteiger partial charge in [0.1, 0.15) is 11.9 Å². The lowest BCUT2D eigenvalue weighted by molar-refractivity contribution is -0.137. The minimum absolute atomic E-state index is 0.0620. The van der Waals surface area contributed by atoms with E-state index in [0.29, 0.717) is 12.2 Å². The summed E-state index contributed by atoms with van der Waals surface area (Å²) in [6, 6.07) is 8.89. The Balaban J connectivity index is 1.89. The number of nitrogens with one attached hydrogen (secondary N) is 3. The summed E-state index contributed by atoms with van der Waals surface area (Å²) in [4.78, 5) is 16.3. The maximum absolute atomic E-state index is 12.5. The van der Waals surface area contributed by atoms with Crippen LogP contribution in [0.3, 0.4) is 0 Å². The molecular formula is C19H23F3N4O3S2. The molecule has 1 aromatic carbocycles. The summed E-state index contributed by atoms with van der Waals surface area (Å²) in [6.07, 6.45) is -1.59. The number of anilines is 1. The van der Waals surface area contributed by atoms with Gasteiger partial charge in [-0.3, -0.25) is 4.79 Å². The molecule has 0 saturated heterocycles. The van der Waals surface area contributed by atoms with Crippen molar-refractivity contribution < 1.29 is 26.4 Å². The summed E-state index contributed by atoms with van der Waals surface area (Å²) < 4.78 is 65.1. The van der Waals surface area contributed by atoms with Gasteiger partial charge in [0, 0.05) is 19.3 Å². The van der Waals surface area contributed by atoms with E-state index in [2.05, 4.69) is 20.3 Å². The second-order valence-corrected chi connectivity index (χ2v) is 9.12. The molecule has 3 N–H and O–H groups in total. The normalized spacial score (nSPS) is 12.9. The van der Waals surface area contributed by atoms with Gasteiger partial charge in [-0.1, -0.05) is 18.2 Å². The topological polar surface area (TPSA) is 100 Å². The van der Waals surface area contributed by atoms with E-state index in [1.165, 1.54) is 30.0 Å². The van der Waals surface area contributed by atoms with Gasteiger partial charge < -0.3 is 10.6 Å². The number of thioether (sulfide) groups is 1. The SMILES string of the molecule is CSCCC(NS(=O)(=O)c1ccccc1)C(=O)NCCNc1ccc(C(F)(F)F)cn1. The minimum atomic E-state index is -4.46. The molecule has 1 atom stereocenters. The van der Waals surface area contributed by atoms with Gasteiger partial charge in [-0.25, -0.2) is 13.4 Å². The first-order valence-electron chi connectivity index (χ1n) is 9.24. The van der Waals surface area contributed by atoms with Crippen molar-refractivity contribution >= 4 is 33.5 Å². The van der Waals surface area contributed by atoms with E-state index < -0.39 is 33.7 Å². The van der Waals surface area contributed by atoms with Gasteiger partial charge >= 0.3 is 6.18 Å². The molecule has 1 amide bonds. The van der Waals surface area contributed by atoms with Gasteiger partial charge in [0.2, 0.25) is 15.9 Å². The van der Waals surface area contributed by atoms with Crippen LogP contribution in [0.5, 0.6) is 0 Å². The number of rotatable bonds is 11. The van der Waals surface area contributed by atoms with Crippen LogP contribution in [-0.2, 0) is 21.0 Å². The van der Waals surface area contributed by atoms with Gasteiger partial charge in [0.05, 0.1) is 10.5 Å². The zero-order valence-electron chi connectivity index (χ0n) is 16.6. The van der Waals surface area contributed by atoms with E-state index in [1.807, 2.05) is 6.26 Å². The van der Waals surface area contributed by atoms with Crippen LogP contribution in [0.2, 0.25) is 0 Å². The number of carbonyl (C=O) groups excluding carboxylic acids is 1. The predicted molar refractivity (Wildman–Crippen MR) is 114 cm³/mol. The van der Waals surface area contributed by atoms with E-state index in [-0.39, 0.29) is 23.8 Å². The Morgan fingerprint density at radius 1 is 1.13 bits per heavy atom. The molecule has 0 aliphatic heterocycles. The summed E-state index contributed by atoms with van der Waals surface area (Å²) >= 11 is 1.48. The van der Waals surface area contributed by atoms with Crippen LogP contribution < -0.4 is 15.4 Å². The summed E-state index contributed by atoms with van der Waals surface area (Å²) in [5.74, 6) is 0.310. The Morgan fingerprint density at radius 2 is 1.84 bits per heavy atom. The number of nitrogens with zero attached hydrogens (tertiary/aromatic N) is 1. The van der Waals surface area contributed by atoms with Gasteiger partial charge in [-0.05, 0) is 42.7 Å². The fourth-order valence-electron chi connectivity index (χ4n) is 2.50. The van der Waals surface area contributed by atoms with Crippen LogP contribution in [0.25, 0.3) is 0 Å². The van der Waals surface area contributed by atoms with Crippen molar-refractivity contribution in [2.45, 2.75) is 23.5 Å². The molecule has 170 valence electrons. The summed E-state index contributed by atoms with van der Waals surface area (Å²) in [6.45, 7) is 0.329. The lowest BCUT2D eigenvalue weighted by atomic mass is 10.2. The van der Waals surface area contributed by atoms with Crippen LogP contribution in [0.1, 0.15) is 12.0 Å². The van der Waals surface area contributed by atoms with Crippen LogP contribution >= 0.6 is 11.8 Å². The van der Waals surface area contributed by atoms with Gasteiger partial charge in [0.25, 0.3) is 0 Å². The molecule has 2 aromatic rings. The molecule has 0 saturated carbocycles. The van der Waals surface area contributed by atoms with Crippen molar-refractivity contribution in [1.29, 1.82) is 0 Å². The van der Waals surface area contributed by atoms with Crippen molar-refractivity contribution in [3.8, 4) is 0 Å². The Morgan fingerprint density at radius 3 is 2.42 bits per heavy atom. The number of benzene rings is 1. The molecule has 1 aromatic heterocycles. The number of alkyl halides is 3. The molecule has 2 rings (SSSR count). The number of hydrogen-bond donors (Lipinski definition) is 3. The maximum Gasteiger partial charge on any atom is 0.417 e. The van der Waals surface area contributed by atoms with Crippen LogP contribution in [0.4, 0.5) is 19.0 Å². The van der Waals surface area contributed by atoms with Crippen LogP contribution in [0.15, 0.2) is 53.6 Å². The first-order chi connectivity index (χ1) is 14.6. The molecule has 0 fully saturated rings. The first kappa shape index (κ1) is 25.0. The van der Waals surface area contributed by atoms with E-state index in [0.717, 1.165) is 12.3 Å². The quantitative estimate of drug-likeness (QED) is 0.431. The average molecular weight is 477 g/mol. The Labute approximate surface area is 183 Å². The van der Waals surface area contributed by atoms with Gasteiger partial charge in [-0.15, -0.1) is 0 Å². The highest BCUT2D eigenvalue weighted by atomic mass is 32.2.